The molecule has 0 fully saturated rings. The molecule has 2 aromatic heterocycles. The van der Waals surface area contributed by atoms with Crippen molar-refractivity contribution in [2.75, 3.05) is 0 Å². The van der Waals surface area contributed by atoms with E-state index in [1.807, 2.05) is 49.4 Å². The average Bonchev–Trinajstić information content (AvgIpc) is 3.06. The van der Waals surface area contributed by atoms with E-state index in [9.17, 15) is 5.11 Å². The molecule has 1 N–H and O–H groups in total. The highest BCUT2D eigenvalue weighted by Crippen LogP contribution is 2.31. The van der Waals surface area contributed by atoms with Crippen LogP contribution < -0.4 is 0 Å². The highest BCUT2D eigenvalue weighted by molar-refractivity contribution is 5.92. The first-order chi connectivity index (χ1) is 11.2. The molecule has 4 aromatic rings. The van der Waals surface area contributed by atoms with Gasteiger partial charge in [0.15, 0.2) is 0 Å². The maximum atomic E-state index is 10.00. The fraction of sp³-hybridized carbons (Fsp3) is 0.0556. The van der Waals surface area contributed by atoms with Gasteiger partial charge in [-0.3, -0.25) is 4.98 Å². The molecule has 0 saturated heterocycles. The molecule has 0 amide bonds. The van der Waals surface area contributed by atoms with Gasteiger partial charge in [-0.2, -0.15) is 4.98 Å². The Hall–Kier alpha value is -3.21. The summed E-state index contributed by atoms with van der Waals surface area (Å²) in [6.45, 7) is 1.94. The predicted octanol–water partition coefficient (Wildman–Crippen LogP) is 3.97. The third-order valence-corrected chi connectivity index (χ3v) is 3.69. The van der Waals surface area contributed by atoms with Crippen molar-refractivity contribution in [1.29, 1.82) is 0 Å². The number of hydrogen-bond donors (Lipinski definition) is 1. The number of hydrogen-bond acceptors (Lipinski definition) is 5. The van der Waals surface area contributed by atoms with E-state index in [1.54, 1.807) is 12.3 Å². The lowest BCUT2D eigenvalue weighted by Crippen LogP contribution is -1.88. The summed E-state index contributed by atoms with van der Waals surface area (Å²) in [6.07, 6.45) is 1.72. The van der Waals surface area contributed by atoms with Crippen LogP contribution in [0.25, 0.3) is 33.7 Å². The van der Waals surface area contributed by atoms with Gasteiger partial charge in [0, 0.05) is 11.6 Å². The molecule has 0 aliphatic heterocycles. The van der Waals surface area contributed by atoms with Crippen LogP contribution in [0.2, 0.25) is 0 Å². The Morgan fingerprint density at radius 3 is 2.83 bits per heavy atom. The Morgan fingerprint density at radius 2 is 1.91 bits per heavy atom. The molecule has 2 aromatic carbocycles. The van der Waals surface area contributed by atoms with Crippen molar-refractivity contribution in [3.05, 3.63) is 60.3 Å². The maximum absolute atomic E-state index is 10.00. The van der Waals surface area contributed by atoms with Gasteiger partial charge in [0.05, 0.1) is 5.56 Å². The molecule has 0 saturated carbocycles. The minimum atomic E-state index is 0.108. The average molecular weight is 303 g/mol. The topological polar surface area (TPSA) is 72.0 Å². The van der Waals surface area contributed by atoms with Crippen LogP contribution >= 0.6 is 0 Å². The summed E-state index contributed by atoms with van der Waals surface area (Å²) in [7, 11) is 0. The molecule has 0 spiro atoms. The zero-order valence-electron chi connectivity index (χ0n) is 12.4. The second-order valence-corrected chi connectivity index (χ2v) is 5.32. The first-order valence-corrected chi connectivity index (χ1v) is 7.20. The van der Waals surface area contributed by atoms with E-state index in [2.05, 4.69) is 15.1 Å². The van der Waals surface area contributed by atoms with Gasteiger partial charge in [-0.15, -0.1) is 0 Å². The Kier molecular flexibility index (Phi) is 3.05. The minimum Gasteiger partial charge on any atom is -0.507 e. The maximum Gasteiger partial charge on any atom is 0.262 e. The van der Waals surface area contributed by atoms with Gasteiger partial charge in [0.2, 0.25) is 5.82 Å². The lowest BCUT2D eigenvalue weighted by Gasteiger charge is -2.01. The molecule has 0 bridgehead atoms. The number of rotatable bonds is 2. The van der Waals surface area contributed by atoms with E-state index in [1.165, 1.54) is 0 Å². The van der Waals surface area contributed by atoms with E-state index >= 15 is 0 Å². The van der Waals surface area contributed by atoms with Crippen molar-refractivity contribution < 1.29 is 9.63 Å². The predicted molar refractivity (Wildman–Crippen MR) is 86.9 cm³/mol. The van der Waals surface area contributed by atoms with Crippen molar-refractivity contribution in [2.24, 2.45) is 0 Å². The van der Waals surface area contributed by atoms with E-state index in [4.69, 9.17) is 4.52 Å². The SMILES string of the molecule is Cc1ccc(O)c(-c2nc(-c3nccc4ccccc34)no2)c1. The van der Waals surface area contributed by atoms with E-state index in [0.717, 1.165) is 16.3 Å². The monoisotopic (exact) mass is 303 g/mol. The summed E-state index contributed by atoms with van der Waals surface area (Å²) in [6, 6.07) is 15.1. The van der Waals surface area contributed by atoms with Crippen LogP contribution in [-0.4, -0.2) is 20.2 Å². The number of aryl methyl sites for hydroxylation is 1. The summed E-state index contributed by atoms with van der Waals surface area (Å²) in [4.78, 5) is 8.78. The van der Waals surface area contributed by atoms with Gasteiger partial charge in [0.25, 0.3) is 5.89 Å². The van der Waals surface area contributed by atoms with Crippen LogP contribution in [0.4, 0.5) is 0 Å². The Bertz CT molecular complexity index is 1000. The normalized spacial score (nSPS) is 11.0. The van der Waals surface area contributed by atoms with Crippen LogP contribution in [0.15, 0.2) is 59.3 Å². The van der Waals surface area contributed by atoms with Gasteiger partial charge in [-0.25, -0.2) is 0 Å². The third kappa shape index (κ3) is 2.32. The van der Waals surface area contributed by atoms with Gasteiger partial charge in [0.1, 0.15) is 11.4 Å². The molecule has 0 radical (unpaired) electrons. The van der Waals surface area contributed by atoms with Crippen molar-refractivity contribution in [1.82, 2.24) is 15.1 Å². The fourth-order valence-corrected chi connectivity index (χ4v) is 2.55. The molecule has 5 nitrogen and oxygen atoms in total. The van der Waals surface area contributed by atoms with Gasteiger partial charge in [-0.05, 0) is 30.5 Å². The molecule has 0 aliphatic rings. The Balaban J connectivity index is 1.86. The van der Waals surface area contributed by atoms with E-state index < -0.39 is 0 Å². The minimum absolute atomic E-state index is 0.108. The second kappa shape index (κ2) is 5.21. The zero-order valence-corrected chi connectivity index (χ0v) is 12.4. The second-order valence-electron chi connectivity index (χ2n) is 5.32. The molecular formula is C18H13N3O2. The molecule has 5 heteroatoms. The summed E-state index contributed by atoms with van der Waals surface area (Å²) in [5.41, 5.74) is 2.18. The van der Waals surface area contributed by atoms with E-state index in [0.29, 0.717) is 17.1 Å². The standard InChI is InChI=1S/C18H13N3O2/c1-11-6-7-15(22)14(10-11)18-20-17(21-23-18)16-13-5-3-2-4-12(13)8-9-19-16/h2-10,22H,1H3. The highest BCUT2D eigenvalue weighted by atomic mass is 16.5. The largest absolute Gasteiger partial charge is 0.507 e. The number of aromatic hydroxyl groups is 1. The summed E-state index contributed by atoms with van der Waals surface area (Å²) in [5, 5.41) is 16.0. The van der Waals surface area contributed by atoms with Crippen molar-refractivity contribution in [3.63, 3.8) is 0 Å². The molecule has 0 unspecified atom stereocenters. The van der Waals surface area contributed by atoms with Crippen LogP contribution in [0.1, 0.15) is 5.56 Å². The number of aromatic nitrogens is 3. The lowest BCUT2D eigenvalue weighted by molar-refractivity contribution is 0.425. The Labute approximate surface area is 132 Å². The number of fused-ring (bicyclic) bond motifs is 1. The highest BCUT2D eigenvalue weighted by Gasteiger charge is 2.16. The summed E-state index contributed by atoms with van der Waals surface area (Å²) < 4.78 is 5.33. The fourth-order valence-electron chi connectivity index (χ4n) is 2.55. The molecule has 2 heterocycles. The number of nitrogens with zero attached hydrogens (tertiary/aromatic N) is 3. The van der Waals surface area contributed by atoms with Crippen molar-refractivity contribution in [3.8, 4) is 28.7 Å². The molecule has 112 valence electrons. The quantitative estimate of drug-likeness (QED) is 0.606. The van der Waals surface area contributed by atoms with Crippen molar-refractivity contribution in [2.45, 2.75) is 6.92 Å². The molecular weight excluding hydrogens is 290 g/mol. The third-order valence-electron chi connectivity index (χ3n) is 3.69. The summed E-state index contributed by atoms with van der Waals surface area (Å²) in [5.74, 6) is 0.783. The first-order valence-electron chi connectivity index (χ1n) is 7.20. The molecule has 0 aliphatic carbocycles. The molecule has 4 rings (SSSR count). The number of benzene rings is 2. The number of phenolic OH excluding ortho intramolecular Hbond substituents is 1. The van der Waals surface area contributed by atoms with Crippen LogP contribution in [0.5, 0.6) is 5.75 Å². The van der Waals surface area contributed by atoms with Crippen molar-refractivity contribution >= 4 is 10.8 Å². The molecule has 0 atom stereocenters. The van der Waals surface area contributed by atoms with Gasteiger partial charge >= 0.3 is 0 Å². The van der Waals surface area contributed by atoms with Gasteiger partial charge in [-0.1, -0.05) is 41.1 Å². The Morgan fingerprint density at radius 1 is 1.04 bits per heavy atom. The smallest absolute Gasteiger partial charge is 0.262 e. The lowest BCUT2D eigenvalue weighted by atomic mass is 10.1. The van der Waals surface area contributed by atoms with Crippen LogP contribution in [-0.2, 0) is 0 Å². The number of phenols is 1. The zero-order chi connectivity index (χ0) is 15.8. The number of pyridine rings is 1. The first kappa shape index (κ1) is 13.5. The van der Waals surface area contributed by atoms with Crippen LogP contribution in [0, 0.1) is 6.92 Å². The van der Waals surface area contributed by atoms with Crippen LogP contribution in [0.3, 0.4) is 0 Å². The molecule has 23 heavy (non-hydrogen) atoms. The van der Waals surface area contributed by atoms with E-state index in [-0.39, 0.29) is 11.6 Å². The van der Waals surface area contributed by atoms with Gasteiger partial charge < -0.3 is 9.63 Å². The summed E-state index contributed by atoms with van der Waals surface area (Å²) >= 11 is 0.